The lowest BCUT2D eigenvalue weighted by molar-refractivity contribution is -0.303. The number of carbonyl (C=O) groups excluding carboxylic acids is 1. The van der Waals surface area contributed by atoms with Crippen molar-refractivity contribution in [2.75, 3.05) is 13.2 Å². The molecule has 0 bridgehead atoms. The average Bonchev–Trinajstić information content (AvgIpc) is 0.901. The van der Waals surface area contributed by atoms with Crippen molar-refractivity contribution >= 4 is 5.91 Å². The van der Waals surface area contributed by atoms with Crippen LogP contribution in [0, 0.1) is 0 Å². The molecule has 1 rings (SSSR count). The Hall–Kier alpha value is -0.890. The highest BCUT2D eigenvalue weighted by Crippen LogP contribution is 2.25. The summed E-state index contributed by atoms with van der Waals surface area (Å²) >= 11 is 0. The van der Waals surface area contributed by atoms with E-state index in [9.17, 15) is 40.5 Å². The second-order valence-corrected chi connectivity index (χ2v) is 30.3. The van der Waals surface area contributed by atoms with Crippen molar-refractivity contribution in [3.63, 3.8) is 0 Å². The molecule has 0 aliphatic carbocycles. The molecule has 11 heteroatoms. The summed E-state index contributed by atoms with van der Waals surface area (Å²) < 4.78 is 11.2. The highest BCUT2D eigenvalue weighted by molar-refractivity contribution is 5.80. The number of aliphatic hydroxyl groups excluding tert-OH is 7. The molecule has 9 atom stereocenters. The molecular formula is C83H165NO10. The van der Waals surface area contributed by atoms with Crippen LogP contribution >= 0.6 is 0 Å². The largest absolute Gasteiger partial charge is 0.394 e. The number of hydrogen-bond acceptors (Lipinski definition) is 10. The zero-order chi connectivity index (χ0) is 68.1. The van der Waals surface area contributed by atoms with Crippen molar-refractivity contribution in [3.8, 4) is 0 Å². The first-order valence-corrected chi connectivity index (χ1v) is 42.4. The Morgan fingerprint density at radius 3 is 0.787 bits per heavy atom. The van der Waals surface area contributed by atoms with Crippen LogP contribution in [0.4, 0.5) is 0 Å². The molecule has 0 aromatic carbocycles. The van der Waals surface area contributed by atoms with E-state index in [4.69, 9.17) is 9.47 Å². The van der Waals surface area contributed by atoms with Gasteiger partial charge in [-0.25, -0.2) is 0 Å². The zero-order valence-corrected chi connectivity index (χ0v) is 62.8. The Bertz CT molecular complexity index is 1490. The predicted octanol–water partition coefficient (Wildman–Crippen LogP) is 22.3. The van der Waals surface area contributed by atoms with Crippen molar-refractivity contribution in [2.24, 2.45) is 0 Å². The molecule has 1 aliphatic heterocycles. The van der Waals surface area contributed by atoms with E-state index in [1.807, 2.05) is 0 Å². The lowest BCUT2D eigenvalue weighted by Gasteiger charge is -2.40. The van der Waals surface area contributed by atoms with Gasteiger partial charge < -0.3 is 50.5 Å². The van der Waals surface area contributed by atoms with Gasteiger partial charge in [0.05, 0.1) is 25.4 Å². The Kier molecular flexibility index (Phi) is 69.7. The Balaban J connectivity index is 2.09. The molecule has 562 valence electrons. The normalized spacial score (nSPS) is 18.1. The number of rotatable bonds is 77. The molecule has 9 unspecified atom stereocenters. The maximum Gasteiger partial charge on any atom is 0.249 e. The molecule has 94 heavy (non-hydrogen) atoms. The van der Waals surface area contributed by atoms with E-state index in [0.717, 1.165) is 38.5 Å². The summed E-state index contributed by atoms with van der Waals surface area (Å²) in [5.41, 5.74) is 0. The lowest BCUT2D eigenvalue weighted by atomic mass is 9.98. The summed E-state index contributed by atoms with van der Waals surface area (Å²) in [6.45, 7) is 3.55. The molecule has 11 nitrogen and oxygen atoms in total. The summed E-state index contributed by atoms with van der Waals surface area (Å²) in [5, 5.41) is 76.9. The summed E-state index contributed by atoms with van der Waals surface area (Å²) in [4.78, 5) is 13.3. The molecule has 0 spiro atoms. The topological polar surface area (TPSA) is 189 Å². The van der Waals surface area contributed by atoms with E-state index in [0.29, 0.717) is 19.3 Å². The number of ether oxygens (including phenoxy) is 2. The van der Waals surface area contributed by atoms with Crippen LogP contribution in [0.3, 0.4) is 0 Å². The van der Waals surface area contributed by atoms with Gasteiger partial charge in [0.2, 0.25) is 5.91 Å². The third-order valence-corrected chi connectivity index (χ3v) is 21.2. The van der Waals surface area contributed by atoms with Crippen LogP contribution in [-0.4, -0.2) is 110 Å². The third kappa shape index (κ3) is 57.8. The molecule has 1 heterocycles. The molecule has 1 saturated heterocycles. The summed E-state index contributed by atoms with van der Waals surface area (Å²) in [6.07, 6.45) is 79.6. The molecule has 0 aromatic rings. The van der Waals surface area contributed by atoms with Crippen LogP contribution in [-0.2, 0) is 14.3 Å². The maximum atomic E-state index is 13.3. The van der Waals surface area contributed by atoms with Gasteiger partial charge in [-0.1, -0.05) is 444 Å². The molecule has 0 saturated carbocycles. The summed E-state index contributed by atoms with van der Waals surface area (Å²) in [7, 11) is 0. The number of nitrogens with one attached hydrogen (secondary N) is 1. The van der Waals surface area contributed by atoms with E-state index < -0.39 is 74.2 Å². The first kappa shape index (κ1) is 91.1. The second-order valence-electron chi connectivity index (χ2n) is 30.3. The van der Waals surface area contributed by atoms with E-state index in [2.05, 4.69) is 19.2 Å². The van der Waals surface area contributed by atoms with Crippen molar-refractivity contribution in [1.29, 1.82) is 0 Å². The summed E-state index contributed by atoms with van der Waals surface area (Å²) in [5.74, 6) is -0.684. The second kappa shape index (κ2) is 71.9. The minimum absolute atomic E-state index is 0.268. The van der Waals surface area contributed by atoms with Gasteiger partial charge in [0.25, 0.3) is 0 Å². The average molecular weight is 1340 g/mol. The monoisotopic (exact) mass is 1340 g/mol. The Morgan fingerprint density at radius 2 is 0.553 bits per heavy atom. The standard InChI is InChI=1S/C83H165NO10/c1-3-5-7-9-11-13-15-17-19-21-23-25-27-29-31-33-35-36-37-38-39-41-43-45-47-49-51-53-55-57-59-61-63-65-67-69-71-76(87)82(92)84-74(73-93-83-81(91)80(90)79(89)77(72-85)94-83)78(88)75(86)70-68-66-64-62-60-58-56-54-52-50-48-46-44-42-40-34-32-30-28-26-24-22-20-18-16-14-12-10-8-6-4-2/h74-81,83,85-91H,3-73H2,1-2H3,(H,84,92). The molecule has 1 aliphatic rings. The van der Waals surface area contributed by atoms with Gasteiger partial charge in [-0.15, -0.1) is 0 Å². The van der Waals surface area contributed by atoms with Gasteiger partial charge >= 0.3 is 0 Å². The fourth-order valence-corrected chi connectivity index (χ4v) is 14.5. The van der Waals surface area contributed by atoms with Gasteiger partial charge in [0, 0.05) is 0 Å². The van der Waals surface area contributed by atoms with Gasteiger partial charge in [-0.3, -0.25) is 4.79 Å². The number of aliphatic hydroxyl groups is 7. The van der Waals surface area contributed by atoms with Crippen LogP contribution in [0.1, 0.15) is 457 Å². The van der Waals surface area contributed by atoms with E-state index in [1.165, 1.54) is 379 Å². The van der Waals surface area contributed by atoms with Crippen LogP contribution in [0.5, 0.6) is 0 Å². The lowest BCUT2D eigenvalue weighted by Crippen LogP contribution is -2.60. The van der Waals surface area contributed by atoms with Crippen molar-refractivity contribution in [3.05, 3.63) is 0 Å². The van der Waals surface area contributed by atoms with Crippen molar-refractivity contribution < 1.29 is 50.0 Å². The maximum absolute atomic E-state index is 13.3. The van der Waals surface area contributed by atoms with E-state index in [-0.39, 0.29) is 6.42 Å². The first-order valence-electron chi connectivity index (χ1n) is 42.4. The zero-order valence-electron chi connectivity index (χ0n) is 62.8. The third-order valence-electron chi connectivity index (χ3n) is 21.2. The fourth-order valence-electron chi connectivity index (χ4n) is 14.5. The van der Waals surface area contributed by atoms with Crippen molar-refractivity contribution in [2.45, 2.75) is 512 Å². The van der Waals surface area contributed by atoms with Crippen LogP contribution in [0.2, 0.25) is 0 Å². The van der Waals surface area contributed by atoms with Gasteiger partial charge in [0.1, 0.15) is 36.6 Å². The van der Waals surface area contributed by atoms with Crippen LogP contribution in [0.25, 0.3) is 0 Å². The molecule has 8 N–H and O–H groups in total. The Labute approximate surface area is 583 Å². The molecular weight excluding hydrogens is 1170 g/mol. The van der Waals surface area contributed by atoms with E-state index in [1.54, 1.807) is 0 Å². The smallest absolute Gasteiger partial charge is 0.249 e. The number of unbranched alkanes of at least 4 members (excludes halogenated alkanes) is 65. The summed E-state index contributed by atoms with van der Waals surface area (Å²) in [6, 6.07) is -1.17. The van der Waals surface area contributed by atoms with Crippen LogP contribution < -0.4 is 5.32 Å². The quantitative estimate of drug-likeness (QED) is 0.0272. The van der Waals surface area contributed by atoms with Gasteiger partial charge in [0.15, 0.2) is 6.29 Å². The molecule has 0 radical (unpaired) electrons. The van der Waals surface area contributed by atoms with Crippen LogP contribution in [0.15, 0.2) is 0 Å². The van der Waals surface area contributed by atoms with Crippen molar-refractivity contribution in [1.82, 2.24) is 5.32 Å². The minimum atomic E-state index is -1.66. The fraction of sp³-hybridized carbons (Fsp3) is 0.988. The van der Waals surface area contributed by atoms with E-state index >= 15 is 0 Å². The first-order chi connectivity index (χ1) is 46.2. The highest BCUT2D eigenvalue weighted by atomic mass is 16.7. The molecule has 0 aromatic heterocycles. The Morgan fingerprint density at radius 1 is 0.330 bits per heavy atom. The predicted molar refractivity (Wildman–Crippen MR) is 400 cm³/mol. The number of amides is 1. The van der Waals surface area contributed by atoms with Gasteiger partial charge in [-0.05, 0) is 12.8 Å². The number of carbonyl (C=O) groups is 1. The minimum Gasteiger partial charge on any atom is -0.394 e. The highest BCUT2D eigenvalue weighted by Gasteiger charge is 2.44. The molecule has 1 amide bonds. The SMILES string of the molecule is CCCCCCCCCCCCCCCCCCCCCCCCCCCCCCCCCCCCCCC(O)C(=O)NC(COC1OC(CO)C(O)C(O)C1O)C(O)C(O)CCCCCCCCCCCCCCCCCCCCCCCCCCCCCCCCC. The number of hydrogen-bond donors (Lipinski definition) is 8. The molecule has 1 fully saturated rings. The van der Waals surface area contributed by atoms with Gasteiger partial charge in [-0.2, -0.15) is 0 Å².